The van der Waals surface area contributed by atoms with Gasteiger partial charge in [0.2, 0.25) is 0 Å². The van der Waals surface area contributed by atoms with Crippen LogP contribution >= 0.6 is 12.6 Å². The minimum Gasteiger partial charge on any atom is -0.399 e. The minimum atomic E-state index is -0.605. The summed E-state index contributed by atoms with van der Waals surface area (Å²) in [4.78, 5) is 19.2. The molecular weight excluding hydrogens is 420 g/mol. The third kappa shape index (κ3) is 6.14. The SMILES string of the molecule is CC(C)CC1(O)CCN(C(=O)c2ccc(N)cc2)CC1.Nc1ccc2cccc(S)c2n1. The Morgan fingerprint density at radius 1 is 1.09 bits per heavy atom. The van der Waals surface area contributed by atoms with Crippen LogP contribution in [0.1, 0.15) is 43.5 Å². The van der Waals surface area contributed by atoms with Crippen molar-refractivity contribution in [3.05, 3.63) is 60.2 Å². The largest absolute Gasteiger partial charge is 0.399 e. The maximum absolute atomic E-state index is 12.3. The second-order valence-corrected chi connectivity index (χ2v) is 9.30. The molecule has 2 heterocycles. The van der Waals surface area contributed by atoms with Crippen molar-refractivity contribution in [2.24, 2.45) is 5.92 Å². The Hall–Kier alpha value is -2.77. The Bertz CT molecular complexity index is 1060. The Kier molecular flexibility index (Phi) is 7.64. The van der Waals surface area contributed by atoms with E-state index in [9.17, 15) is 9.90 Å². The normalized spacial score (nSPS) is 15.3. The number of likely N-dealkylation sites (tertiary alicyclic amines) is 1. The zero-order valence-corrected chi connectivity index (χ0v) is 19.6. The van der Waals surface area contributed by atoms with E-state index in [2.05, 4.69) is 31.5 Å². The van der Waals surface area contributed by atoms with Gasteiger partial charge in [-0.15, -0.1) is 12.6 Å². The van der Waals surface area contributed by atoms with Crippen LogP contribution < -0.4 is 11.5 Å². The molecule has 5 N–H and O–H groups in total. The van der Waals surface area contributed by atoms with Crippen molar-refractivity contribution in [3.63, 3.8) is 0 Å². The average molecular weight is 453 g/mol. The van der Waals surface area contributed by atoms with Crippen molar-refractivity contribution in [2.75, 3.05) is 24.6 Å². The third-order valence-corrected chi connectivity index (χ3v) is 6.01. The van der Waals surface area contributed by atoms with Crippen molar-refractivity contribution >= 4 is 40.9 Å². The van der Waals surface area contributed by atoms with Gasteiger partial charge in [0.15, 0.2) is 0 Å². The highest BCUT2D eigenvalue weighted by Gasteiger charge is 2.34. The zero-order chi connectivity index (χ0) is 23.3. The van der Waals surface area contributed by atoms with Crippen molar-refractivity contribution in [3.8, 4) is 0 Å². The topological polar surface area (TPSA) is 105 Å². The van der Waals surface area contributed by atoms with Gasteiger partial charge in [0, 0.05) is 34.6 Å². The lowest BCUT2D eigenvalue weighted by molar-refractivity contribution is -0.0311. The highest BCUT2D eigenvalue weighted by Crippen LogP contribution is 2.29. The number of rotatable bonds is 3. The van der Waals surface area contributed by atoms with Gasteiger partial charge in [-0.25, -0.2) is 4.98 Å². The molecule has 0 aliphatic carbocycles. The molecule has 4 rings (SSSR count). The summed E-state index contributed by atoms with van der Waals surface area (Å²) >= 11 is 4.28. The van der Waals surface area contributed by atoms with Crippen LogP contribution in [0.3, 0.4) is 0 Å². The number of amides is 1. The van der Waals surface area contributed by atoms with Crippen molar-refractivity contribution < 1.29 is 9.90 Å². The summed E-state index contributed by atoms with van der Waals surface area (Å²) in [5.41, 5.74) is 12.8. The van der Waals surface area contributed by atoms with Gasteiger partial charge in [0.05, 0.1) is 11.1 Å². The molecule has 1 fully saturated rings. The Morgan fingerprint density at radius 3 is 2.38 bits per heavy atom. The smallest absolute Gasteiger partial charge is 0.253 e. The predicted octanol–water partition coefficient (Wildman–Crippen LogP) is 4.39. The number of fused-ring (bicyclic) bond motifs is 1. The van der Waals surface area contributed by atoms with Gasteiger partial charge in [-0.1, -0.05) is 26.0 Å². The number of aliphatic hydroxyl groups is 1. The molecule has 0 radical (unpaired) electrons. The maximum atomic E-state index is 12.3. The van der Waals surface area contributed by atoms with E-state index in [0.717, 1.165) is 22.2 Å². The molecule has 0 atom stereocenters. The molecule has 1 amide bonds. The number of para-hydroxylation sites is 1. The van der Waals surface area contributed by atoms with Crippen molar-refractivity contribution in [2.45, 2.75) is 43.6 Å². The number of nitrogens with zero attached hydrogens (tertiary/aromatic N) is 2. The molecular formula is C25H32N4O2S. The fourth-order valence-electron chi connectivity index (χ4n) is 4.04. The van der Waals surface area contributed by atoms with E-state index in [-0.39, 0.29) is 5.91 Å². The van der Waals surface area contributed by atoms with E-state index in [1.165, 1.54) is 0 Å². The van der Waals surface area contributed by atoms with Crippen LogP contribution in [0.5, 0.6) is 0 Å². The minimum absolute atomic E-state index is 0.0246. The third-order valence-electron chi connectivity index (χ3n) is 5.65. The number of nitrogen functional groups attached to an aromatic ring is 2. The standard InChI is InChI=1S/C16H24N2O2.C9H8N2S/c1-12(2)11-16(20)7-9-18(10-8-16)15(19)13-3-5-14(17)6-4-13;10-8-5-4-6-2-1-3-7(12)9(6)11-8/h3-6,12,20H,7-11,17H2,1-2H3;1-5,12H,(H2,10,11). The summed E-state index contributed by atoms with van der Waals surface area (Å²) in [6, 6.07) is 16.6. The average Bonchev–Trinajstić information content (AvgIpc) is 2.75. The molecule has 0 spiro atoms. The van der Waals surface area contributed by atoms with Gasteiger partial charge in [-0.05, 0) is 67.6 Å². The van der Waals surface area contributed by atoms with Crippen LogP contribution in [0.15, 0.2) is 59.5 Å². The number of piperidine rings is 1. The molecule has 0 saturated carbocycles. The number of hydrogen-bond donors (Lipinski definition) is 4. The number of pyridine rings is 1. The van der Waals surface area contributed by atoms with Gasteiger partial charge >= 0.3 is 0 Å². The second-order valence-electron chi connectivity index (χ2n) is 8.82. The summed E-state index contributed by atoms with van der Waals surface area (Å²) in [5.74, 6) is 1.03. The molecule has 1 saturated heterocycles. The lowest BCUT2D eigenvalue weighted by Crippen LogP contribution is -2.47. The monoisotopic (exact) mass is 452 g/mol. The summed E-state index contributed by atoms with van der Waals surface area (Å²) in [6.07, 6.45) is 2.12. The Labute approximate surface area is 195 Å². The first kappa shape index (κ1) is 23.9. The highest BCUT2D eigenvalue weighted by atomic mass is 32.1. The number of nitrogens with two attached hydrogens (primary N) is 2. The van der Waals surface area contributed by atoms with Crippen LogP contribution in [0, 0.1) is 5.92 Å². The molecule has 0 bridgehead atoms. The molecule has 32 heavy (non-hydrogen) atoms. The quantitative estimate of drug-likeness (QED) is 0.348. The fourth-order valence-corrected chi connectivity index (χ4v) is 4.31. The molecule has 1 aliphatic rings. The van der Waals surface area contributed by atoms with Gasteiger partial charge < -0.3 is 21.5 Å². The van der Waals surface area contributed by atoms with E-state index >= 15 is 0 Å². The van der Waals surface area contributed by atoms with Crippen LogP contribution in [0.4, 0.5) is 11.5 Å². The number of thiol groups is 1. The van der Waals surface area contributed by atoms with E-state index in [1.54, 1.807) is 30.3 Å². The lowest BCUT2D eigenvalue weighted by atomic mass is 9.84. The zero-order valence-electron chi connectivity index (χ0n) is 18.7. The predicted molar refractivity (Wildman–Crippen MR) is 134 cm³/mol. The first-order chi connectivity index (χ1) is 15.2. The number of anilines is 2. The molecule has 3 aromatic rings. The van der Waals surface area contributed by atoms with E-state index in [0.29, 0.717) is 48.9 Å². The van der Waals surface area contributed by atoms with Gasteiger partial charge in [0.1, 0.15) is 5.82 Å². The fraction of sp³-hybridized carbons (Fsp3) is 0.360. The molecule has 1 aliphatic heterocycles. The summed E-state index contributed by atoms with van der Waals surface area (Å²) < 4.78 is 0. The molecule has 170 valence electrons. The molecule has 6 nitrogen and oxygen atoms in total. The number of carbonyl (C=O) groups is 1. The van der Waals surface area contributed by atoms with Gasteiger partial charge in [-0.3, -0.25) is 4.79 Å². The lowest BCUT2D eigenvalue weighted by Gasteiger charge is -2.39. The number of carbonyl (C=O) groups excluding carboxylic acids is 1. The Balaban J connectivity index is 0.000000204. The molecule has 2 aromatic carbocycles. The second kappa shape index (κ2) is 10.2. The van der Waals surface area contributed by atoms with Gasteiger partial charge in [-0.2, -0.15) is 0 Å². The first-order valence-electron chi connectivity index (χ1n) is 10.9. The maximum Gasteiger partial charge on any atom is 0.253 e. The van der Waals surface area contributed by atoms with Crippen LogP contribution in [0.2, 0.25) is 0 Å². The van der Waals surface area contributed by atoms with E-state index in [4.69, 9.17) is 11.5 Å². The molecule has 7 heteroatoms. The Morgan fingerprint density at radius 2 is 1.75 bits per heavy atom. The number of hydrogen-bond acceptors (Lipinski definition) is 6. The van der Waals surface area contributed by atoms with E-state index < -0.39 is 5.60 Å². The van der Waals surface area contributed by atoms with Crippen molar-refractivity contribution in [1.82, 2.24) is 9.88 Å². The van der Waals surface area contributed by atoms with E-state index in [1.807, 2.05) is 29.2 Å². The van der Waals surface area contributed by atoms with Crippen molar-refractivity contribution in [1.29, 1.82) is 0 Å². The van der Waals surface area contributed by atoms with Crippen LogP contribution in [0.25, 0.3) is 10.9 Å². The molecule has 0 unspecified atom stereocenters. The summed E-state index contributed by atoms with van der Waals surface area (Å²) in [7, 11) is 0. The number of aromatic nitrogens is 1. The summed E-state index contributed by atoms with van der Waals surface area (Å²) in [6.45, 7) is 5.46. The van der Waals surface area contributed by atoms with Crippen LogP contribution in [-0.4, -0.2) is 39.6 Å². The van der Waals surface area contributed by atoms with Gasteiger partial charge in [0.25, 0.3) is 5.91 Å². The molecule has 1 aromatic heterocycles. The summed E-state index contributed by atoms with van der Waals surface area (Å²) in [5, 5.41) is 11.6. The number of benzene rings is 2. The highest BCUT2D eigenvalue weighted by molar-refractivity contribution is 7.80. The van der Waals surface area contributed by atoms with Crippen LogP contribution in [-0.2, 0) is 0 Å². The first-order valence-corrected chi connectivity index (χ1v) is 11.3.